The summed E-state index contributed by atoms with van der Waals surface area (Å²) in [4.78, 5) is 15.7. The summed E-state index contributed by atoms with van der Waals surface area (Å²) in [6, 6.07) is 57.8. The summed E-state index contributed by atoms with van der Waals surface area (Å²) in [7, 11) is 0. The zero-order valence-corrected chi connectivity index (χ0v) is 29.8. The Balaban J connectivity index is 1.14. The van der Waals surface area contributed by atoms with Gasteiger partial charge in [-0.25, -0.2) is 15.0 Å². The highest BCUT2D eigenvalue weighted by molar-refractivity contribution is 6.14. The van der Waals surface area contributed by atoms with Crippen LogP contribution >= 0.6 is 0 Å². The van der Waals surface area contributed by atoms with Crippen LogP contribution in [-0.4, -0.2) is 15.0 Å². The van der Waals surface area contributed by atoms with Crippen LogP contribution in [0.3, 0.4) is 0 Å². The minimum atomic E-state index is -0.0910. The van der Waals surface area contributed by atoms with Crippen molar-refractivity contribution in [2.24, 2.45) is 0 Å². The second-order valence-electron chi connectivity index (χ2n) is 14.8. The number of hydrogen-bond acceptors (Lipinski definition) is 4. The fourth-order valence-electron chi connectivity index (χ4n) is 8.68. The van der Waals surface area contributed by atoms with Gasteiger partial charge in [0, 0.05) is 32.9 Å². The SMILES string of the molecule is CC1(C)c2ccccc2-c2cc(-c3nc(-c4ccc5c(c4)oc4cccc(-c6ccccc6)c45)nc(-c4cc5ccccc5c5ccccc45)n3)ccc21. The number of rotatable bonds is 4. The monoisotopic (exact) mass is 691 g/mol. The predicted molar refractivity (Wildman–Crippen MR) is 221 cm³/mol. The van der Waals surface area contributed by atoms with Gasteiger partial charge >= 0.3 is 0 Å². The van der Waals surface area contributed by atoms with Gasteiger partial charge in [-0.1, -0.05) is 147 Å². The minimum Gasteiger partial charge on any atom is -0.456 e. The second-order valence-corrected chi connectivity index (χ2v) is 14.8. The van der Waals surface area contributed by atoms with Crippen molar-refractivity contribution in [3.63, 3.8) is 0 Å². The van der Waals surface area contributed by atoms with E-state index in [0.29, 0.717) is 17.5 Å². The molecule has 1 aliphatic carbocycles. The quantitative estimate of drug-likeness (QED) is 0.172. The number of furan rings is 1. The minimum absolute atomic E-state index is 0.0910. The maximum atomic E-state index is 6.54. The molecule has 0 atom stereocenters. The van der Waals surface area contributed by atoms with Crippen LogP contribution in [0.2, 0.25) is 0 Å². The lowest BCUT2D eigenvalue weighted by atomic mass is 9.82. The van der Waals surface area contributed by atoms with E-state index < -0.39 is 0 Å². The van der Waals surface area contributed by atoms with Crippen molar-refractivity contribution >= 4 is 43.5 Å². The molecule has 0 saturated carbocycles. The van der Waals surface area contributed by atoms with Gasteiger partial charge < -0.3 is 4.42 Å². The van der Waals surface area contributed by atoms with Crippen molar-refractivity contribution in [2.45, 2.75) is 19.3 Å². The lowest BCUT2D eigenvalue weighted by Gasteiger charge is -2.21. The van der Waals surface area contributed by atoms with Crippen LogP contribution in [0, 0.1) is 0 Å². The summed E-state index contributed by atoms with van der Waals surface area (Å²) in [6.45, 7) is 4.61. The fraction of sp³-hybridized carbons (Fsp3) is 0.0600. The van der Waals surface area contributed by atoms with Crippen LogP contribution in [0.1, 0.15) is 25.0 Å². The summed E-state index contributed by atoms with van der Waals surface area (Å²) >= 11 is 0. The van der Waals surface area contributed by atoms with Crippen molar-refractivity contribution in [3.8, 4) is 56.4 Å². The van der Waals surface area contributed by atoms with E-state index >= 15 is 0 Å². The van der Waals surface area contributed by atoms with Crippen molar-refractivity contribution in [1.82, 2.24) is 15.0 Å². The lowest BCUT2D eigenvalue weighted by molar-refractivity contribution is 0.660. The van der Waals surface area contributed by atoms with Gasteiger partial charge in [0.1, 0.15) is 11.2 Å². The molecule has 54 heavy (non-hydrogen) atoms. The molecular weight excluding hydrogens is 659 g/mol. The van der Waals surface area contributed by atoms with Gasteiger partial charge in [0.05, 0.1) is 0 Å². The van der Waals surface area contributed by atoms with E-state index in [-0.39, 0.29) is 5.41 Å². The summed E-state index contributed by atoms with van der Waals surface area (Å²) in [5.41, 5.74) is 11.8. The molecule has 10 aromatic rings. The number of fused-ring (bicyclic) bond motifs is 9. The Kier molecular flexibility index (Phi) is 6.56. The third-order valence-corrected chi connectivity index (χ3v) is 11.3. The fourth-order valence-corrected chi connectivity index (χ4v) is 8.68. The molecule has 0 unspecified atom stereocenters. The molecule has 0 fully saturated rings. The molecule has 11 rings (SSSR count). The van der Waals surface area contributed by atoms with Crippen molar-refractivity contribution in [3.05, 3.63) is 175 Å². The van der Waals surface area contributed by atoms with Crippen molar-refractivity contribution in [1.29, 1.82) is 0 Å². The van der Waals surface area contributed by atoms with Gasteiger partial charge in [-0.15, -0.1) is 0 Å². The maximum absolute atomic E-state index is 6.54. The predicted octanol–water partition coefficient (Wildman–Crippen LogP) is 13.1. The van der Waals surface area contributed by atoms with E-state index in [1.165, 1.54) is 33.0 Å². The van der Waals surface area contributed by atoms with Crippen LogP contribution in [0.4, 0.5) is 0 Å². The Morgan fingerprint density at radius 3 is 1.89 bits per heavy atom. The summed E-state index contributed by atoms with van der Waals surface area (Å²) < 4.78 is 6.54. The van der Waals surface area contributed by atoms with Crippen LogP contribution < -0.4 is 0 Å². The van der Waals surface area contributed by atoms with Gasteiger partial charge in [-0.3, -0.25) is 0 Å². The number of benzene rings is 8. The van der Waals surface area contributed by atoms with Crippen LogP contribution in [0.5, 0.6) is 0 Å². The van der Waals surface area contributed by atoms with E-state index in [0.717, 1.165) is 60.5 Å². The van der Waals surface area contributed by atoms with Gasteiger partial charge in [0.25, 0.3) is 0 Å². The highest BCUT2D eigenvalue weighted by Gasteiger charge is 2.35. The number of aromatic nitrogens is 3. The second kappa shape index (κ2) is 11.5. The van der Waals surface area contributed by atoms with Crippen LogP contribution in [0.25, 0.3) is 99.9 Å². The molecule has 8 aromatic carbocycles. The average molecular weight is 692 g/mol. The third kappa shape index (κ3) is 4.60. The summed E-state index contributed by atoms with van der Waals surface area (Å²) in [5, 5.41) is 6.78. The third-order valence-electron chi connectivity index (χ3n) is 11.3. The van der Waals surface area contributed by atoms with Crippen molar-refractivity contribution < 1.29 is 4.42 Å². The topological polar surface area (TPSA) is 51.8 Å². The Morgan fingerprint density at radius 1 is 0.389 bits per heavy atom. The molecule has 0 N–H and O–H groups in total. The maximum Gasteiger partial charge on any atom is 0.164 e. The molecule has 254 valence electrons. The first-order chi connectivity index (χ1) is 26.5. The lowest BCUT2D eigenvalue weighted by Crippen LogP contribution is -2.14. The zero-order chi connectivity index (χ0) is 36.0. The molecule has 2 aromatic heterocycles. The molecule has 0 radical (unpaired) electrons. The first kappa shape index (κ1) is 30.7. The Hall–Kier alpha value is -6.91. The van der Waals surface area contributed by atoms with Crippen LogP contribution in [-0.2, 0) is 5.41 Å². The van der Waals surface area contributed by atoms with Gasteiger partial charge in [-0.05, 0) is 85.3 Å². The van der Waals surface area contributed by atoms with Crippen LogP contribution in [0.15, 0.2) is 168 Å². The molecule has 0 bridgehead atoms. The van der Waals surface area contributed by atoms with Gasteiger partial charge in [-0.2, -0.15) is 0 Å². The first-order valence-electron chi connectivity index (χ1n) is 18.4. The Labute approximate surface area is 312 Å². The molecule has 0 spiro atoms. The van der Waals surface area contributed by atoms with Crippen molar-refractivity contribution in [2.75, 3.05) is 0 Å². The molecule has 2 heterocycles. The van der Waals surface area contributed by atoms with E-state index in [4.69, 9.17) is 19.4 Å². The standard InChI is InChI=1S/C50H33N3O/c1-50(2)42-21-11-10-19-38(42)40-28-32(24-26-43(40)50)47-51-48(53-49(52-47)41-27-31-15-6-7-16-34(31)36-17-8-9-18-37(36)41)33-23-25-39-45(29-33)54-44-22-12-20-35(46(39)44)30-13-4-3-5-14-30/h3-29H,1-2H3. The number of nitrogens with zero attached hydrogens (tertiary/aromatic N) is 3. The van der Waals surface area contributed by atoms with E-state index in [1.54, 1.807) is 0 Å². The molecule has 1 aliphatic rings. The van der Waals surface area contributed by atoms with Gasteiger partial charge in [0.15, 0.2) is 17.5 Å². The summed E-state index contributed by atoms with van der Waals surface area (Å²) in [6.07, 6.45) is 0. The normalized spacial score (nSPS) is 13.1. The Bertz CT molecular complexity index is 3140. The smallest absolute Gasteiger partial charge is 0.164 e. The molecule has 0 amide bonds. The Morgan fingerprint density at radius 2 is 1.04 bits per heavy atom. The molecule has 0 aliphatic heterocycles. The summed E-state index contributed by atoms with van der Waals surface area (Å²) in [5.74, 6) is 1.86. The van der Waals surface area contributed by atoms with Gasteiger partial charge in [0.2, 0.25) is 0 Å². The van der Waals surface area contributed by atoms with E-state index in [1.807, 2.05) is 12.1 Å². The number of hydrogen-bond donors (Lipinski definition) is 0. The molecule has 0 saturated heterocycles. The average Bonchev–Trinajstić information content (AvgIpc) is 3.72. The molecular formula is C50H33N3O. The molecule has 4 heteroatoms. The van der Waals surface area contributed by atoms with E-state index in [9.17, 15) is 0 Å². The highest BCUT2D eigenvalue weighted by atomic mass is 16.3. The highest BCUT2D eigenvalue weighted by Crippen LogP contribution is 2.49. The largest absolute Gasteiger partial charge is 0.456 e. The van der Waals surface area contributed by atoms with E-state index in [2.05, 4.69) is 166 Å². The zero-order valence-electron chi connectivity index (χ0n) is 29.8. The molecule has 4 nitrogen and oxygen atoms in total. The first-order valence-corrected chi connectivity index (χ1v) is 18.4.